The third kappa shape index (κ3) is 3.69. The molecule has 1 saturated heterocycles. The maximum Gasteiger partial charge on any atom is 0.257 e. The fraction of sp³-hybridized carbons (Fsp3) is 0.381. The number of carbonyl (C=O) groups excluding carboxylic acids is 1. The van der Waals surface area contributed by atoms with Crippen LogP contribution in [0.4, 0.5) is 5.69 Å². The van der Waals surface area contributed by atoms with Gasteiger partial charge in [0.05, 0.1) is 15.5 Å². The van der Waals surface area contributed by atoms with E-state index in [0.717, 1.165) is 44.2 Å². The topological polar surface area (TPSA) is 66.5 Å². The van der Waals surface area contributed by atoms with Crippen molar-refractivity contribution in [2.45, 2.75) is 43.4 Å². The van der Waals surface area contributed by atoms with E-state index in [4.69, 9.17) is 11.6 Å². The summed E-state index contributed by atoms with van der Waals surface area (Å²) < 4.78 is 27.1. The van der Waals surface area contributed by atoms with Crippen molar-refractivity contribution in [3.05, 3.63) is 58.1 Å². The van der Waals surface area contributed by atoms with Crippen molar-refractivity contribution >= 4 is 33.2 Å². The third-order valence-electron chi connectivity index (χ3n) is 5.53. The van der Waals surface area contributed by atoms with Crippen LogP contribution in [0.5, 0.6) is 0 Å². The summed E-state index contributed by atoms with van der Waals surface area (Å²) >= 11 is 6.24. The van der Waals surface area contributed by atoms with Crippen molar-refractivity contribution in [1.82, 2.24) is 4.31 Å². The molecule has 7 heteroatoms. The Morgan fingerprint density at radius 3 is 2.54 bits per heavy atom. The van der Waals surface area contributed by atoms with Gasteiger partial charge in [0.25, 0.3) is 5.91 Å². The van der Waals surface area contributed by atoms with Gasteiger partial charge in [0, 0.05) is 18.8 Å². The Bertz CT molecular complexity index is 1010. The molecule has 0 radical (unpaired) electrons. The van der Waals surface area contributed by atoms with Crippen LogP contribution in [0.25, 0.3) is 0 Å². The molecule has 1 N–H and O–H groups in total. The molecule has 2 aliphatic rings. The number of amides is 1. The molecule has 148 valence electrons. The second-order valence-electron chi connectivity index (χ2n) is 7.36. The number of sulfonamides is 1. The van der Waals surface area contributed by atoms with Crippen LogP contribution in [0.1, 0.15) is 47.2 Å². The van der Waals surface area contributed by atoms with Crippen LogP contribution in [0.15, 0.2) is 41.3 Å². The summed E-state index contributed by atoms with van der Waals surface area (Å²) in [6.45, 7) is 1.03. The van der Waals surface area contributed by atoms with Crippen LogP contribution in [0.2, 0.25) is 5.02 Å². The lowest BCUT2D eigenvalue weighted by molar-refractivity contribution is 0.102. The summed E-state index contributed by atoms with van der Waals surface area (Å²) in [4.78, 5) is 13.0. The van der Waals surface area contributed by atoms with E-state index < -0.39 is 10.0 Å². The number of carbonyl (C=O) groups is 1. The zero-order valence-corrected chi connectivity index (χ0v) is 17.2. The largest absolute Gasteiger partial charge is 0.322 e. The van der Waals surface area contributed by atoms with E-state index in [0.29, 0.717) is 13.1 Å². The van der Waals surface area contributed by atoms with Gasteiger partial charge in [-0.15, -0.1) is 0 Å². The molecule has 1 aliphatic heterocycles. The smallest absolute Gasteiger partial charge is 0.257 e. The molecule has 0 unspecified atom stereocenters. The Balaban J connectivity index is 1.63. The zero-order valence-electron chi connectivity index (χ0n) is 15.6. The van der Waals surface area contributed by atoms with Gasteiger partial charge in [-0.1, -0.05) is 23.7 Å². The highest BCUT2D eigenvalue weighted by molar-refractivity contribution is 7.89. The number of aryl methyl sites for hydroxylation is 1. The number of halogens is 1. The highest BCUT2D eigenvalue weighted by Gasteiger charge is 2.28. The van der Waals surface area contributed by atoms with E-state index in [2.05, 4.69) is 11.4 Å². The van der Waals surface area contributed by atoms with Crippen molar-refractivity contribution in [2.24, 2.45) is 0 Å². The van der Waals surface area contributed by atoms with E-state index >= 15 is 0 Å². The second kappa shape index (κ2) is 7.85. The molecule has 28 heavy (non-hydrogen) atoms. The molecule has 1 fully saturated rings. The van der Waals surface area contributed by atoms with Gasteiger partial charge in [-0.25, -0.2) is 8.42 Å². The van der Waals surface area contributed by atoms with Gasteiger partial charge >= 0.3 is 0 Å². The van der Waals surface area contributed by atoms with Gasteiger partial charge in [0.2, 0.25) is 10.0 Å². The Hall–Kier alpha value is -1.89. The van der Waals surface area contributed by atoms with E-state index in [1.54, 1.807) is 0 Å². The second-order valence-corrected chi connectivity index (χ2v) is 9.70. The number of fused-ring (bicyclic) bond motifs is 1. The lowest BCUT2D eigenvalue weighted by Gasteiger charge is -2.20. The predicted octanol–water partition coefficient (Wildman–Crippen LogP) is 4.26. The molecule has 0 aromatic heterocycles. The van der Waals surface area contributed by atoms with Gasteiger partial charge < -0.3 is 5.32 Å². The maximum absolute atomic E-state index is 12.9. The first-order valence-electron chi connectivity index (χ1n) is 9.68. The fourth-order valence-corrected chi connectivity index (χ4v) is 5.75. The molecule has 0 saturated carbocycles. The summed E-state index contributed by atoms with van der Waals surface area (Å²) in [6.07, 6.45) is 5.93. The van der Waals surface area contributed by atoms with Gasteiger partial charge in [-0.3, -0.25) is 4.79 Å². The SMILES string of the molecule is O=C(Nc1cccc2c1CCCC2)c1cc(S(=O)(=O)N2CCCC2)ccc1Cl. The van der Waals surface area contributed by atoms with Crippen LogP contribution in [0.3, 0.4) is 0 Å². The van der Waals surface area contributed by atoms with Crippen LogP contribution in [0, 0.1) is 0 Å². The predicted molar refractivity (Wildman–Crippen MR) is 110 cm³/mol. The summed E-state index contributed by atoms with van der Waals surface area (Å²) in [5.74, 6) is -0.387. The number of anilines is 1. The molecule has 0 spiro atoms. The monoisotopic (exact) mass is 418 g/mol. The van der Waals surface area contributed by atoms with Gasteiger partial charge in [0.1, 0.15) is 0 Å². The third-order valence-corrected chi connectivity index (χ3v) is 7.75. The Morgan fingerprint density at radius 1 is 1.00 bits per heavy atom. The maximum atomic E-state index is 12.9. The average molecular weight is 419 g/mol. The molecule has 1 aliphatic carbocycles. The summed E-state index contributed by atoms with van der Waals surface area (Å²) in [5.41, 5.74) is 3.39. The minimum Gasteiger partial charge on any atom is -0.322 e. The molecule has 1 amide bonds. The standard InChI is InChI=1S/C21H23ClN2O3S/c22-19-11-10-16(28(26,27)24-12-3-4-13-24)14-18(19)21(25)23-20-9-5-7-15-6-1-2-8-17(15)20/h5,7,9-11,14H,1-4,6,8,12-13H2,(H,23,25). The average Bonchev–Trinajstić information content (AvgIpc) is 3.24. The van der Waals surface area contributed by atoms with Crippen molar-refractivity contribution in [3.63, 3.8) is 0 Å². The minimum absolute atomic E-state index is 0.110. The normalized spacial score (nSPS) is 17.3. The van der Waals surface area contributed by atoms with Crippen molar-refractivity contribution in [1.29, 1.82) is 0 Å². The molecule has 1 heterocycles. The zero-order chi connectivity index (χ0) is 19.7. The van der Waals surface area contributed by atoms with Crippen LogP contribution in [-0.4, -0.2) is 31.7 Å². The molecular weight excluding hydrogens is 396 g/mol. The quantitative estimate of drug-likeness (QED) is 0.806. The number of benzene rings is 2. The van der Waals surface area contributed by atoms with Crippen LogP contribution >= 0.6 is 11.6 Å². The Labute approximate surface area is 170 Å². The summed E-state index contributed by atoms with van der Waals surface area (Å²) in [7, 11) is -3.60. The molecular formula is C21H23ClN2O3S. The number of hydrogen-bond acceptors (Lipinski definition) is 3. The first-order chi connectivity index (χ1) is 13.5. The van der Waals surface area contributed by atoms with Gasteiger partial charge in [-0.05, 0) is 73.9 Å². The number of nitrogens with zero attached hydrogens (tertiary/aromatic N) is 1. The summed E-state index contributed by atoms with van der Waals surface area (Å²) in [5, 5.41) is 3.18. The Morgan fingerprint density at radius 2 is 1.75 bits per heavy atom. The fourth-order valence-electron chi connectivity index (χ4n) is 4.00. The van der Waals surface area contributed by atoms with E-state index in [-0.39, 0.29) is 21.4 Å². The molecule has 2 aromatic carbocycles. The van der Waals surface area contributed by atoms with Gasteiger partial charge in [-0.2, -0.15) is 4.31 Å². The van der Waals surface area contributed by atoms with Gasteiger partial charge in [0.15, 0.2) is 0 Å². The number of nitrogens with one attached hydrogen (secondary N) is 1. The lowest BCUT2D eigenvalue weighted by atomic mass is 9.90. The van der Waals surface area contributed by atoms with Crippen LogP contribution < -0.4 is 5.32 Å². The highest BCUT2D eigenvalue weighted by Crippen LogP contribution is 2.30. The van der Waals surface area contributed by atoms with Crippen LogP contribution in [-0.2, 0) is 22.9 Å². The van der Waals surface area contributed by atoms with E-state index in [1.807, 2.05) is 12.1 Å². The Kier molecular flexibility index (Phi) is 5.45. The number of rotatable bonds is 4. The first-order valence-corrected chi connectivity index (χ1v) is 11.5. The molecule has 5 nitrogen and oxygen atoms in total. The van der Waals surface area contributed by atoms with Crippen molar-refractivity contribution in [2.75, 3.05) is 18.4 Å². The summed E-state index contributed by atoms with van der Waals surface area (Å²) in [6, 6.07) is 10.3. The van der Waals surface area contributed by atoms with E-state index in [9.17, 15) is 13.2 Å². The van der Waals surface area contributed by atoms with Crippen molar-refractivity contribution < 1.29 is 13.2 Å². The minimum atomic E-state index is -3.60. The highest BCUT2D eigenvalue weighted by atomic mass is 35.5. The van der Waals surface area contributed by atoms with E-state index in [1.165, 1.54) is 33.6 Å². The number of hydrogen-bond donors (Lipinski definition) is 1. The molecule has 2 aromatic rings. The van der Waals surface area contributed by atoms with Crippen molar-refractivity contribution in [3.8, 4) is 0 Å². The molecule has 0 atom stereocenters. The first kappa shape index (κ1) is 19.4. The molecule has 4 rings (SSSR count). The molecule has 0 bridgehead atoms. The lowest BCUT2D eigenvalue weighted by Crippen LogP contribution is -2.28.